The van der Waals surface area contributed by atoms with Gasteiger partial charge in [0, 0.05) is 44.6 Å². The van der Waals surface area contributed by atoms with Crippen molar-refractivity contribution in [1.82, 2.24) is 0 Å². The summed E-state index contributed by atoms with van der Waals surface area (Å²) in [6.07, 6.45) is 23.8. The van der Waals surface area contributed by atoms with Crippen LogP contribution in [0.3, 0.4) is 0 Å². The van der Waals surface area contributed by atoms with Gasteiger partial charge in [-0.25, -0.2) is 0 Å². The molecule has 0 amide bonds. The van der Waals surface area contributed by atoms with Crippen LogP contribution >= 0.6 is 24.8 Å². The first-order valence-corrected chi connectivity index (χ1v) is 24.3. The summed E-state index contributed by atoms with van der Waals surface area (Å²) in [5, 5.41) is 5.04. The SMILES string of the molecule is O=P(c1ccccc1-[s+]1c(P(=O)(C2CCCCC2)C2CCCCC2)cc2c3ccccc3ccc21)(C1CCCCC1)C1CCCCC1. The standard InChI is InChI=1S/C42H55O2P2S/c43-45(33-18-5-1-6-19-33,34-20-7-2-8-21-34)39-27-15-16-28-41(39)47-40-30-29-32-17-13-14-26-37(32)38(40)31-42(47)46(44,35-22-9-3-10-23-35)36-24-11-4-12-25-36/h13-17,26-31,33-36H,1-12,18-25H2/q+1. The second kappa shape index (κ2) is 13.9. The Morgan fingerprint density at radius 3 is 1.49 bits per heavy atom. The van der Waals surface area contributed by atoms with E-state index in [1.54, 1.807) is 0 Å². The van der Waals surface area contributed by atoms with Crippen molar-refractivity contribution in [2.24, 2.45) is 0 Å². The maximum Gasteiger partial charge on any atom is 0.215 e. The molecule has 1 aromatic heterocycles. The molecule has 4 aromatic rings. The Labute approximate surface area is 286 Å². The minimum atomic E-state index is -2.75. The maximum absolute atomic E-state index is 16.5. The fourth-order valence-electron chi connectivity index (χ4n) is 10.5. The molecule has 47 heavy (non-hydrogen) atoms. The van der Waals surface area contributed by atoms with Crippen molar-refractivity contribution < 1.29 is 9.13 Å². The van der Waals surface area contributed by atoms with Crippen LogP contribution in [0.1, 0.15) is 128 Å². The maximum atomic E-state index is 16.5. The third kappa shape index (κ3) is 5.77. The van der Waals surface area contributed by atoms with Crippen molar-refractivity contribution in [3.05, 3.63) is 66.7 Å². The van der Waals surface area contributed by atoms with E-state index in [2.05, 4.69) is 66.7 Å². The first-order chi connectivity index (χ1) is 23.1. The molecule has 4 fully saturated rings. The molecule has 0 saturated heterocycles. The number of thiophene rings is 1. The number of fused-ring (bicyclic) bond motifs is 3. The van der Waals surface area contributed by atoms with E-state index in [9.17, 15) is 0 Å². The van der Waals surface area contributed by atoms with Gasteiger partial charge in [0.05, 0.1) is 5.30 Å². The summed E-state index contributed by atoms with van der Waals surface area (Å²) in [4.78, 5) is 1.28. The molecule has 3 aromatic carbocycles. The lowest BCUT2D eigenvalue weighted by molar-refractivity contribution is 0.452. The van der Waals surface area contributed by atoms with Gasteiger partial charge in [-0.05, 0) is 86.4 Å². The van der Waals surface area contributed by atoms with Crippen LogP contribution in [0, 0.1) is 0 Å². The summed E-state index contributed by atoms with van der Waals surface area (Å²) in [6.45, 7) is 0. The van der Waals surface area contributed by atoms with Gasteiger partial charge in [0.25, 0.3) is 0 Å². The molecule has 250 valence electrons. The summed E-state index contributed by atoms with van der Waals surface area (Å²) in [5.74, 6) is 0. The lowest BCUT2D eigenvalue weighted by Crippen LogP contribution is -2.31. The molecule has 5 heteroatoms. The fourth-order valence-corrected chi connectivity index (χ4v) is 24.1. The molecule has 4 aliphatic carbocycles. The van der Waals surface area contributed by atoms with Crippen molar-refractivity contribution in [2.45, 2.75) is 151 Å². The van der Waals surface area contributed by atoms with E-state index in [0.717, 1.165) is 51.4 Å². The van der Waals surface area contributed by atoms with E-state index in [4.69, 9.17) is 0 Å². The normalized spacial score (nSPS) is 22.3. The number of hydrogen-bond donors (Lipinski definition) is 0. The van der Waals surface area contributed by atoms with Crippen LogP contribution in [0.2, 0.25) is 0 Å². The molecule has 1 unspecified atom stereocenters. The van der Waals surface area contributed by atoms with Gasteiger partial charge in [-0.2, -0.15) is 0 Å². The second-order valence-corrected chi connectivity index (χ2v) is 24.5. The minimum absolute atomic E-state index is 0.303. The molecule has 0 N–H and O–H groups in total. The molecular formula is C42H55O2P2S+. The smallest absolute Gasteiger partial charge is 0.215 e. The third-order valence-corrected chi connectivity index (χ3v) is 25.0. The van der Waals surface area contributed by atoms with Crippen LogP contribution in [-0.2, 0) is 9.13 Å². The molecule has 8 rings (SSSR count). The Morgan fingerprint density at radius 2 is 0.936 bits per heavy atom. The van der Waals surface area contributed by atoms with Gasteiger partial charge in [0.2, 0.25) is 4.62 Å². The lowest BCUT2D eigenvalue weighted by atomic mass is 9.99. The van der Waals surface area contributed by atoms with Crippen LogP contribution in [0.4, 0.5) is 0 Å². The quantitative estimate of drug-likeness (QED) is 0.143. The summed E-state index contributed by atoms with van der Waals surface area (Å²) in [5.41, 5.74) is 1.21. The average Bonchev–Trinajstić information content (AvgIpc) is 3.56. The summed E-state index contributed by atoms with van der Waals surface area (Å²) >= 11 is 0. The zero-order valence-electron chi connectivity index (χ0n) is 28.4. The minimum Gasteiger partial charge on any atom is -0.318 e. The highest BCUT2D eigenvalue weighted by atomic mass is 32.2. The molecular weight excluding hydrogens is 630 g/mol. The van der Waals surface area contributed by atoms with Crippen LogP contribution < -0.4 is 9.92 Å². The Bertz CT molecular complexity index is 1750. The molecule has 2 nitrogen and oxygen atoms in total. The highest BCUT2D eigenvalue weighted by Gasteiger charge is 2.51. The predicted octanol–water partition coefficient (Wildman–Crippen LogP) is 13.0. The van der Waals surface area contributed by atoms with E-state index in [1.807, 2.05) is 0 Å². The number of hydrogen-bond acceptors (Lipinski definition) is 2. The fraction of sp³-hybridized carbons (Fsp3) is 0.571. The zero-order chi connectivity index (χ0) is 31.8. The van der Waals surface area contributed by atoms with Crippen molar-refractivity contribution in [2.75, 3.05) is 0 Å². The van der Waals surface area contributed by atoms with Crippen LogP contribution in [0.15, 0.2) is 66.7 Å². The topological polar surface area (TPSA) is 34.1 Å². The van der Waals surface area contributed by atoms with Crippen molar-refractivity contribution in [3.63, 3.8) is 0 Å². The highest BCUT2D eigenvalue weighted by molar-refractivity contribution is 7.83. The molecule has 0 radical (unpaired) electrons. The molecule has 4 saturated carbocycles. The van der Waals surface area contributed by atoms with Gasteiger partial charge < -0.3 is 9.13 Å². The van der Waals surface area contributed by atoms with Gasteiger partial charge in [-0.3, -0.25) is 0 Å². The van der Waals surface area contributed by atoms with Gasteiger partial charge in [0.15, 0.2) is 16.7 Å². The van der Waals surface area contributed by atoms with Crippen LogP contribution in [0.25, 0.3) is 25.8 Å². The van der Waals surface area contributed by atoms with Crippen molar-refractivity contribution in [3.8, 4) is 4.90 Å². The predicted molar refractivity (Wildman–Crippen MR) is 207 cm³/mol. The highest BCUT2D eigenvalue weighted by Crippen LogP contribution is 2.68. The molecule has 0 bridgehead atoms. The first kappa shape index (κ1) is 32.5. The summed E-state index contributed by atoms with van der Waals surface area (Å²) < 4.78 is 35.5. The Kier molecular flexibility index (Phi) is 9.64. The molecule has 4 aliphatic rings. The van der Waals surface area contributed by atoms with E-state index >= 15 is 9.13 Å². The Balaban J connectivity index is 1.42. The Hall–Kier alpha value is -1.66. The lowest BCUT2D eigenvalue weighted by Gasteiger charge is -2.38. The van der Waals surface area contributed by atoms with Crippen LogP contribution in [0.5, 0.6) is 0 Å². The summed E-state index contributed by atoms with van der Waals surface area (Å²) in [6, 6.07) is 25.0. The molecule has 0 aliphatic heterocycles. The van der Waals surface area contributed by atoms with Crippen molar-refractivity contribution in [1.29, 1.82) is 0 Å². The van der Waals surface area contributed by atoms with Crippen LogP contribution in [-0.4, -0.2) is 22.6 Å². The third-order valence-electron chi connectivity index (χ3n) is 12.9. The Morgan fingerprint density at radius 1 is 0.468 bits per heavy atom. The number of benzene rings is 3. The molecule has 1 atom stereocenters. The summed E-state index contributed by atoms with van der Waals surface area (Å²) in [7, 11) is -5.95. The van der Waals surface area contributed by atoms with E-state index in [-0.39, 0.29) is 0 Å². The molecule has 0 spiro atoms. The average molecular weight is 686 g/mol. The van der Waals surface area contributed by atoms with E-state index < -0.39 is 24.8 Å². The van der Waals surface area contributed by atoms with Gasteiger partial charge in [-0.1, -0.05) is 113 Å². The van der Waals surface area contributed by atoms with Gasteiger partial charge >= 0.3 is 0 Å². The zero-order valence-corrected chi connectivity index (χ0v) is 31.0. The monoisotopic (exact) mass is 685 g/mol. The van der Waals surface area contributed by atoms with Gasteiger partial charge in [0.1, 0.15) is 7.14 Å². The molecule has 1 heterocycles. The van der Waals surface area contributed by atoms with Gasteiger partial charge in [-0.15, -0.1) is 0 Å². The van der Waals surface area contributed by atoms with E-state index in [0.29, 0.717) is 22.6 Å². The van der Waals surface area contributed by atoms with E-state index in [1.165, 1.54) is 113 Å². The second-order valence-electron chi connectivity index (χ2n) is 15.5. The number of rotatable bonds is 7. The largest absolute Gasteiger partial charge is 0.318 e. The van der Waals surface area contributed by atoms with Crippen molar-refractivity contribution >= 4 is 55.5 Å². The first-order valence-electron chi connectivity index (χ1n) is 19.4.